The molecule has 0 bridgehead atoms. The van der Waals surface area contributed by atoms with Gasteiger partial charge in [0.05, 0.1) is 17.2 Å². The molecule has 0 saturated carbocycles. The summed E-state index contributed by atoms with van der Waals surface area (Å²) in [6.07, 6.45) is 3.48. The van der Waals surface area contributed by atoms with E-state index in [4.69, 9.17) is 4.74 Å². The molecule has 0 fully saturated rings. The number of carbonyl (C=O) groups is 1. The number of para-hydroxylation sites is 1. The number of pyridine rings is 1. The predicted molar refractivity (Wildman–Crippen MR) is 80.7 cm³/mol. The molecule has 1 aromatic heterocycles. The Labute approximate surface area is 120 Å². The molecule has 20 heavy (non-hydrogen) atoms. The minimum absolute atomic E-state index is 0.0589. The summed E-state index contributed by atoms with van der Waals surface area (Å²) in [6, 6.07) is 9.57. The summed E-state index contributed by atoms with van der Waals surface area (Å²) in [6.45, 7) is 6.28. The summed E-state index contributed by atoms with van der Waals surface area (Å²) in [7, 11) is 0. The average Bonchev–Trinajstić information content (AvgIpc) is 2.44. The fraction of sp³-hybridized carbons (Fsp3) is 0.412. The van der Waals surface area contributed by atoms with Crippen molar-refractivity contribution in [3.63, 3.8) is 0 Å². The Morgan fingerprint density at radius 1 is 1.20 bits per heavy atom. The molecule has 1 atom stereocenters. The van der Waals surface area contributed by atoms with Crippen LogP contribution in [-0.2, 0) is 4.74 Å². The van der Waals surface area contributed by atoms with E-state index < -0.39 is 0 Å². The number of carbonyl (C=O) groups excluding carboxylic acids is 1. The number of aromatic nitrogens is 1. The van der Waals surface area contributed by atoms with Crippen LogP contribution < -0.4 is 0 Å². The van der Waals surface area contributed by atoms with E-state index in [9.17, 15) is 4.79 Å². The number of fused-ring (bicyclic) bond motifs is 1. The van der Waals surface area contributed by atoms with Gasteiger partial charge in [0.2, 0.25) is 0 Å². The molecule has 1 aromatic carbocycles. The van der Waals surface area contributed by atoms with E-state index in [1.165, 1.54) is 0 Å². The topological polar surface area (TPSA) is 39.2 Å². The zero-order valence-electron chi connectivity index (χ0n) is 12.3. The largest absolute Gasteiger partial charge is 0.459 e. The molecule has 3 heteroatoms. The number of rotatable bonds is 5. The standard InChI is InChI=1S/C17H21NO2/c1-12(2)8-9-13(3)20-17(19)15-10-14-6-4-5-7-16(14)18-11-15/h4-7,10-13H,8-9H2,1-3H3. The first-order valence-electron chi connectivity index (χ1n) is 7.12. The molecule has 0 aliphatic rings. The van der Waals surface area contributed by atoms with Gasteiger partial charge in [0.1, 0.15) is 0 Å². The number of nitrogens with zero attached hydrogens (tertiary/aromatic N) is 1. The maximum atomic E-state index is 12.1. The number of hydrogen-bond acceptors (Lipinski definition) is 3. The molecular weight excluding hydrogens is 250 g/mol. The van der Waals surface area contributed by atoms with Crippen LogP contribution in [0.1, 0.15) is 44.0 Å². The number of ether oxygens (including phenoxy) is 1. The first kappa shape index (κ1) is 14.5. The Morgan fingerprint density at radius 3 is 2.70 bits per heavy atom. The number of esters is 1. The van der Waals surface area contributed by atoms with Crippen molar-refractivity contribution >= 4 is 16.9 Å². The van der Waals surface area contributed by atoms with Gasteiger partial charge in [-0.1, -0.05) is 32.0 Å². The molecule has 0 saturated heterocycles. The second-order valence-electron chi connectivity index (χ2n) is 5.60. The number of benzene rings is 1. The molecular formula is C17H21NO2. The van der Waals surface area contributed by atoms with E-state index in [0.29, 0.717) is 11.5 Å². The molecule has 1 heterocycles. The number of hydrogen-bond donors (Lipinski definition) is 0. The fourth-order valence-electron chi connectivity index (χ4n) is 2.06. The van der Waals surface area contributed by atoms with Crippen LogP contribution in [-0.4, -0.2) is 17.1 Å². The van der Waals surface area contributed by atoms with Gasteiger partial charge in [-0.15, -0.1) is 0 Å². The monoisotopic (exact) mass is 271 g/mol. The molecule has 0 aliphatic carbocycles. The van der Waals surface area contributed by atoms with Crippen LogP contribution in [0.2, 0.25) is 0 Å². The van der Waals surface area contributed by atoms with Crippen molar-refractivity contribution in [3.8, 4) is 0 Å². The van der Waals surface area contributed by atoms with E-state index in [-0.39, 0.29) is 12.1 Å². The molecule has 0 N–H and O–H groups in total. The Bertz CT molecular complexity index is 592. The van der Waals surface area contributed by atoms with Crippen molar-refractivity contribution in [2.75, 3.05) is 0 Å². The molecule has 3 nitrogen and oxygen atoms in total. The van der Waals surface area contributed by atoms with Crippen LogP contribution in [0.25, 0.3) is 10.9 Å². The summed E-state index contributed by atoms with van der Waals surface area (Å²) >= 11 is 0. The van der Waals surface area contributed by atoms with Crippen molar-refractivity contribution in [1.82, 2.24) is 4.98 Å². The zero-order valence-corrected chi connectivity index (χ0v) is 12.3. The van der Waals surface area contributed by atoms with E-state index in [2.05, 4.69) is 18.8 Å². The minimum atomic E-state index is -0.292. The van der Waals surface area contributed by atoms with Crippen LogP contribution in [0, 0.1) is 5.92 Å². The first-order valence-corrected chi connectivity index (χ1v) is 7.12. The van der Waals surface area contributed by atoms with Gasteiger partial charge in [-0.2, -0.15) is 0 Å². The second kappa shape index (κ2) is 6.51. The highest BCUT2D eigenvalue weighted by molar-refractivity contribution is 5.93. The Morgan fingerprint density at radius 2 is 1.95 bits per heavy atom. The maximum Gasteiger partial charge on any atom is 0.339 e. The molecule has 2 rings (SSSR count). The van der Waals surface area contributed by atoms with Gasteiger partial charge in [0.15, 0.2) is 0 Å². The van der Waals surface area contributed by atoms with E-state index in [1.807, 2.05) is 37.3 Å². The van der Waals surface area contributed by atoms with Gasteiger partial charge in [-0.05, 0) is 37.8 Å². The SMILES string of the molecule is CC(C)CCC(C)OC(=O)c1cnc2ccccc2c1. The van der Waals surface area contributed by atoms with Crippen LogP contribution >= 0.6 is 0 Å². The molecule has 106 valence electrons. The van der Waals surface area contributed by atoms with Crippen LogP contribution in [0.15, 0.2) is 36.5 Å². The van der Waals surface area contributed by atoms with Crippen LogP contribution in [0.4, 0.5) is 0 Å². The summed E-state index contributed by atoms with van der Waals surface area (Å²) in [5, 5.41) is 0.955. The molecule has 0 radical (unpaired) electrons. The highest BCUT2D eigenvalue weighted by Crippen LogP contribution is 2.15. The van der Waals surface area contributed by atoms with Crippen molar-refractivity contribution in [1.29, 1.82) is 0 Å². The Hall–Kier alpha value is -1.90. The Kier molecular flexibility index (Phi) is 4.72. The average molecular weight is 271 g/mol. The van der Waals surface area contributed by atoms with Gasteiger partial charge in [0.25, 0.3) is 0 Å². The lowest BCUT2D eigenvalue weighted by atomic mass is 10.1. The van der Waals surface area contributed by atoms with Crippen LogP contribution in [0.5, 0.6) is 0 Å². The van der Waals surface area contributed by atoms with E-state index in [0.717, 1.165) is 23.7 Å². The third-order valence-electron chi connectivity index (χ3n) is 3.28. The van der Waals surface area contributed by atoms with Gasteiger partial charge < -0.3 is 4.74 Å². The van der Waals surface area contributed by atoms with Crippen molar-refractivity contribution in [3.05, 3.63) is 42.1 Å². The van der Waals surface area contributed by atoms with Crippen molar-refractivity contribution < 1.29 is 9.53 Å². The third-order valence-corrected chi connectivity index (χ3v) is 3.28. The summed E-state index contributed by atoms with van der Waals surface area (Å²) in [4.78, 5) is 16.4. The third kappa shape index (κ3) is 3.80. The van der Waals surface area contributed by atoms with Crippen molar-refractivity contribution in [2.24, 2.45) is 5.92 Å². The molecule has 0 spiro atoms. The van der Waals surface area contributed by atoms with E-state index >= 15 is 0 Å². The molecule has 2 aromatic rings. The zero-order chi connectivity index (χ0) is 14.5. The second-order valence-corrected chi connectivity index (χ2v) is 5.60. The normalized spacial score (nSPS) is 12.6. The highest BCUT2D eigenvalue weighted by atomic mass is 16.5. The van der Waals surface area contributed by atoms with Crippen LogP contribution in [0.3, 0.4) is 0 Å². The summed E-state index contributed by atoms with van der Waals surface area (Å²) in [5.74, 6) is 0.331. The summed E-state index contributed by atoms with van der Waals surface area (Å²) in [5.41, 5.74) is 1.40. The fourth-order valence-corrected chi connectivity index (χ4v) is 2.06. The first-order chi connectivity index (χ1) is 9.56. The van der Waals surface area contributed by atoms with Gasteiger partial charge in [-0.25, -0.2) is 4.79 Å². The maximum absolute atomic E-state index is 12.1. The molecule has 1 unspecified atom stereocenters. The van der Waals surface area contributed by atoms with Gasteiger partial charge >= 0.3 is 5.97 Å². The lowest BCUT2D eigenvalue weighted by Gasteiger charge is -2.14. The molecule has 0 aliphatic heterocycles. The molecule has 0 amide bonds. The highest BCUT2D eigenvalue weighted by Gasteiger charge is 2.13. The van der Waals surface area contributed by atoms with Gasteiger partial charge in [0, 0.05) is 11.6 Å². The van der Waals surface area contributed by atoms with Gasteiger partial charge in [-0.3, -0.25) is 4.98 Å². The Balaban J connectivity index is 2.03. The summed E-state index contributed by atoms with van der Waals surface area (Å²) < 4.78 is 5.46. The van der Waals surface area contributed by atoms with Crippen molar-refractivity contribution in [2.45, 2.75) is 39.7 Å². The lowest BCUT2D eigenvalue weighted by Crippen LogP contribution is -2.15. The smallest absolute Gasteiger partial charge is 0.339 e. The predicted octanol–water partition coefficient (Wildman–Crippen LogP) is 4.22. The quantitative estimate of drug-likeness (QED) is 0.764. The lowest BCUT2D eigenvalue weighted by molar-refractivity contribution is 0.0313. The van der Waals surface area contributed by atoms with E-state index in [1.54, 1.807) is 6.20 Å². The minimum Gasteiger partial charge on any atom is -0.459 e.